The van der Waals surface area contributed by atoms with Crippen molar-refractivity contribution in [3.63, 3.8) is 0 Å². The fourth-order valence-electron chi connectivity index (χ4n) is 5.16. The Morgan fingerprint density at radius 3 is 2.59 bits per heavy atom. The van der Waals surface area contributed by atoms with Crippen molar-refractivity contribution >= 4 is 38.8 Å². The summed E-state index contributed by atoms with van der Waals surface area (Å²) in [5.74, 6) is -0.273. The quantitative estimate of drug-likeness (QED) is 0.241. The number of nitrogens with zero attached hydrogens (tertiary/aromatic N) is 5. The molecule has 0 unspecified atom stereocenters. The first kappa shape index (κ1) is 24.7. The van der Waals surface area contributed by atoms with Crippen LogP contribution in [0.3, 0.4) is 0 Å². The van der Waals surface area contributed by atoms with Crippen LogP contribution in [0.1, 0.15) is 55.3 Å². The summed E-state index contributed by atoms with van der Waals surface area (Å²) in [6, 6.07) is 24.9. The number of aromatic nitrogens is 3. The Labute approximate surface area is 229 Å². The minimum Gasteiger partial charge on any atom is -0.292 e. The number of carbonyl (C=O) groups is 2. The van der Waals surface area contributed by atoms with E-state index in [4.69, 9.17) is 0 Å². The molecule has 0 saturated carbocycles. The highest BCUT2D eigenvalue weighted by molar-refractivity contribution is 7.16. The van der Waals surface area contributed by atoms with Crippen molar-refractivity contribution in [1.82, 2.24) is 15.0 Å². The normalized spacial score (nSPS) is 12.6. The summed E-state index contributed by atoms with van der Waals surface area (Å²) in [6.07, 6.45) is 5.59. The predicted octanol–water partition coefficient (Wildman–Crippen LogP) is 5.97. The number of carbonyl (C=O) groups excluding carboxylic acids is 2. The van der Waals surface area contributed by atoms with Gasteiger partial charge in [-0.1, -0.05) is 71.9 Å². The van der Waals surface area contributed by atoms with Crippen LogP contribution in [0.4, 0.5) is 5.00 Å². The summed E-state index contributed by atoms with van der Waals surface area (Å²) in [5, 5.41) is 21.1. The SMILES string of the molecule is N#Cc1c(N(Cc2cn(CC(=O)c3ccccc3)nn2)C(=O)c2cccc3ccccc23)sc2c1CCCC2. The highest BCUT2D eigenvalue weighted by Crippen LogP contribution is 2.41. The van der Waals surface area contributed by atoms with E-state index in [1.807, 2.05) is 60.7 Å². The van der Waals surface area contributed by atoms with Crippen LogP contribution < -0.4 is 4.90 Å². The van der Waals surface area contributed by atoms with Gasteiger partial charge in [0.2, 0.25) is 0 Å². The first-order valence-corrected chi connectivity index (χ1v) is 13.8. The summed E-state index contributed by atoms with van der Waals surface area (Å²) in [4.78, 5) is 29.8. The number of ketones is 1. The van der Waals surface area contributed by atoms with E-state index in [1.54, 1.807) is 23.2 Å². The van der Waals surface area contributed by atoms with E-state index in [-0.39, 0.29) is 24.8 Å². The highest BCUT2D eigenvalue weighted by Gasteiger charge is 2.29. The van der Waals surface area contributed by atoms with Gasteiger partial charge in [0.15, 0.2) is 5.78 Å². The molecule has 1 amide bonds. The lowest BCUT2D eigenvalue weighted by Gasteiger charge is -2.21. The lowest BCUT2D eigenvalue weighted by Crippen LogP contribution is -2.30. The molecule has 5 aromatic rings. The second-order valence-corrected chi connectivity index (χ2v) is 10.7. The van der Waals surface area contributed by atoms with Gasteiger partial charge in [-0.3, -0.25) is 14.5 Å². The van der Waals surface area contributed by atoms with Gasteiger partial charge in [0, 0.05) is 16.0 Å². The molecule has 0 spiro atoms. The van der Waals surface area contributed by atoms with Crippen LogP contribution in [0.2, 0.25) is 0 Å². The summed E-state index contributed by atoms with van der Waals surface area (Å²) in [6.45, 7) is 0.181. The molecule has 39 heavy (non-hydrogen) atoms. The molecular formula is C31H25N5O2S. The average Bonchev–Trinajstić information content (AvgIpc) is 3.59. The number of hydrogen-bond donors (Lipinski definition) is 0. The number of fused-ring (bicyclic) bond motifs is 2. The Balaban J connectivity index is 1.37. The molecule has 1 aliphatic rings. The minimum absolute atomic E-state index is 0.0467. The van der Waals surface area contributed by atoms with Crippen molar-refractivity contribution in [1.29, 1.82) is 5.26 Å². The maximum absolute atomic E-state index is 14.2. The zero-order valence-electron chi connectivity index (χ0n) is 21.2. The lowest BCUT2D eigenvalue weighted by atomic mass is 9.96. The fraction of sp³-hybridized carbons (Fsp3) is 0.194. The first-order chi connectivity index (χ1) is 19.1. The van der Waals surface area contributed by atoms with E-state index in [1.165, 1.54) is 20.9 Å². The Kier molecular flexibility index (Phi) is 6.74. The lowest BCUT2D eigenvalue weighted by molar-refractivity contribution is 0.0964. The number of anilines is 1. The van der Waals surface area contributed by atoms with Gasteiger partial charge in [-0.05, 0) is 48.1 Å². The summed E-state index contributed by atoms with van der Waals surface area (Å²) in [5.41, 5.74) is 3.35. The van der Waals surface area contributed by atoms with Gasteiger partial charge in [-0.25, -0.2) is 4.68 Å². The Hall–Kier alpha value is -4.61. The summed E-state index contributed by atoms with van der Waals surface area (Å²) in [7, 11) is 0. The largest absolute Gasteiger partial charge is 0.292 e. The molecule has 3 aromatic carbocycles. The van der Waals surface area contributed by atoms with Crippen LogP contribution in [-0.4, -0.2) is 26.7 Å². The number of amides is 1. The fourth-order valence-corrected chi connectivity index (χ4v) is 6.50. The second-order valence-electron chi connectivity index (χ2n) is 9.62. The third-order valence-corrected chi connectivity index (χ3v) is 8.40. The van der Waals surface area contributed by atoms with E-state index < -0.39 is 0 Å². The van der Waals surface area contributed by atoms with E-state index in [9.17, 15) is 14.9 Å². The molecule has 2 heterocycles. The van der Waals surface area contributed by atoms with Crippen LogP contribution in [0, 0.1) is 11.3 Å². The van der Waals surface area contributed by atoms with E-state index in [2.05, 4.69) is 16.4 Å². The molecule has 0 fully saturated rings. The van der Waals surface area contributed by atoms with Gasteiger partial charge in [-0.2, -0.15) is 5.26 Å². The molecule has 1 aliphatic carbocycles. The van der Waals surface area contributed by atoms with Crippen molar-refractivity contribution < 1.29 is 9.59 Å². The van der Waals surface area contributed by atoms with Gasteiger partial charge < -0.3 is 0 Å². The number of benzene rings is 3. The molecule has 0 saturated heterocycles. The predicted molar refractivity (Wildman–Crippen MR) is 151 cm³/mol. The molecule has 0 bridgehead atoms. The van der Waals surface area contributed by atoms with Crippen LogP contribution in [-0.2, 0) is 25.9 Å². The first-order valence-electron chi connectivity index (χ1n) is 12.9. The molecule has 8 heteroatoms. The van der Waals surface area contributed by atoms with Crippen LogP contribution in [0.25, 0.3) is 10.8 Å². The van der Waals surface area contributed by atoms with Gasteiger partial charge in [0.05, 0.1) is 18.3 Å². The third-order valence-electron chi connectivity index (χ3n) is 7.08. The van der Waals surface area contributed by atoms with Crippen molar-refractivity contribution in [2.24, 2.45) is 0 Å². The molecule has 7 nitrogen and oxygen atoms in total. The van der Waals surface area contributed by atoms with Crippen LogP contribution in [0.5, 0.6) is 0 Å². The Morgan fingerprint density at radius 1 is 0.974 bits per heavy atom. The van der Waals surface area contributed by atoms with Crippen molar-refractivity contribution in [2.75, 3.05) is 4.90 Å². The number of nitriles is 1. The number of aryl methyl sites for hydroxylation is 1. The maximum Gasteiger partial charge on any atom is 0.259 e. The monoisotopic (exact) mass is 531 g/mol. The maximum atomic E-state index is 14.2. The van der Waals surface area contributed by atoms with Crippen molar-refractivity contribution in [3.05, 3.63) is 112 Å². The minimum atomic E-state index is -0.197. The zero-order chi connectivity index (χ0) is 26.8. The molecule has 2 aromatic heterocycles. The molecule has 0 aliphatic heterocycles. The average molecular weight is 532 g/mol. The highest BCUT2D eigenvalue weighted by atomic mass is 32.1. The van der Waals surface area contributed by atoms with E-state index in [0.29, 0.717) is 27.4 Å². The molecular weight excluding hydrogens is 506 g/mol. The van der Waals surface area contributed by atoms with Crippen molar-refractivity contribution in [3.8, 4) is 6.07 Å². The van der Waals surface area contributed by atoms with Gasteiger partial charge >= 0.3 is 0 Å². The molecule has 6 rings (SSSR count). The van der Waals surface area contributed by atoms with Crippen LogP contribution in [0.15, 0.2) is 79.0 Å². The Morgan fingerprint density at radius 2 is 1.74 bits per heavy atom. The zero-order valence-corrected chi connectivity index (χ0v) is 22.0. The smallest absolute Gasteiger partial charge is 0.259 e. The van der Waals surface area contributed by atoms with E-state index >= 15 is 0 Å². The second kappa shape index (κ2) is 10.6. The molecule has 0 atom stereocenters. The van der Waals surface area contributed by atoms with Gasteiger partial charge in [0.1, 0.15) is 23.3 Å². The molecule has 192 valence electrons. The number of Topliss-reactive ketones (excluding diaryl/α,β-unsaturated/α-hetero) is 1. The van der Waals surface area contributed by atoms with Gasteiger partial charge in [-0.15, -0.1) is 16.4 Å². The number of thiophene rings is 1. The topological polar surface area (TPSA) is 91.9 Å². The standard InChI is InChI=1S/C31H25N5O2S/c32-17-27-25-14-6-7-16-29(25)39-31(27)36(30(38)26-15-8-12-21-9-4-5-13-24(21)26)19-23-18-35(34-33-23)20-28(37)22-10-2-1-3-11-22/h1-5,8-13,15,18H,6-7,14,16,19-20H2. The van der Waals surface area contributed by atoms with Crippen LogP contribution >= 0.6 is 11.3 Å². The summed E-state index contributed by atoms with van der Waals surface area (Å²) < 4.78 is 1.50. The van der Waals surface area contributed by atoms with Gasteiger partial charge in [0.25, 0.3) is 5.91 Å². The third kappa shape index (κ3) is 4.85. The molecule has 0 N–H and O–H groups in total. The Bertz CT molecular complexity index is 1730. The van der Waals surface area contributed by atoms with E-state index in [0.717, 1.165) is 42.0 Å². The number of rotatable bonds is 7. The summed E-state index contributed by atoms with van der Waals surface area (Å²) >= 11 is 1.53. The number of hydrogen-bond acceptors (Lipinski definition) is 6. The molecule has 0 radical (unpaired) electrons. The van der Waals surface area contributed by atoms with Crippen molar-refractivity contribution in [2.45, 2.75) is 38.8 Å².